The van der Waals surface area contributed by atoms with E-state index in [9.17, 15) is 17.6 Å². The quantitative estimate of drug-likeness (QED) is 0.835. The normalized spacial score (nSPS) is 20.1. The molecule has 0 amide bonds. The molecule has 1 atom stereocenters. The summed E-state index contributed by atoms with van der Waals surface area (Å²) in [6, 6.07) is 4.19. The number of hydrogen-bond acceptors (Lipinski definition) is 2. The lowest BCUT2D eigenvalue weighted by atomic mass is 10.1. The molecule has 1 N–H and O–H groups in total. The minimum absolute atomic E-state index is 0.201. The first kappa shape index (κ1) is 16.5. The van der Waals surface area contributed by atoms with E-state index >= 15 is 0 Å². The van der Waals surface area contributed by atoms with Gasteiger partial charge in [-0.05, 0) is 43.1 Å². The van der Waals surface area contributed by atoms with Gasteiger partial charge < -0.3 is 5.32 Å². The summed E-state index contributed by atoms with van der Waals surface area (Å²) in [5, 5.41) is 3.53. The number of nitrogens with one attached hydrogen (secondary N) is 1. The highest BCUT2D eigenvalue weighted by Gasteiger charge is 2.34. The molecule has 0 spiro atoms. The van der Waals surface area contributed by atoms with Gasteiger partial charge in [0.1, 0.15) is 5.82 Å². The maximum atomic E-state index is 12.9. The number of hydrogen-bond donors (Lipinski definition) is 1. The van der Waals surface area contributed by atoms with Crippen LogP contribution < -0.4 is 5.32 Å². The van der Waals surface area contributed by atoms with Crippen molar-refractivity contribution in [3.05, 3.63) is 34.6 Å². The summed E-state index contributed by atoms with van der Waals surface area (Å²) in [6.45, 7) is 1.19. The maximum Gasteiger partial charge on any atom is 0.401 e. The number of likely N-dealkylation sites (tertiary alicyclic amines) is 1. The van der Waals surface area contributed by atoms with Crippen molar-refractivity contribution in [1.82, 2.24) is 10.2 Å². The first-order chi connectivity index (χ1) is 9.83. The van der Waals surface area contributed by atoms with Crippen LogP contribution in [0.3, 0.4) is 0 Å². The second kappa shape index (κ2) is 6.94. The number of rotatable bonds is 5. The molecule has 1 unspecified atom stereocenters. The van der Waals surface area contributed by atoms with Crippen molar-refractivity contribution in [2.75, 3.05) is 26.2 Å². The second-order valence-corrected chi connectivity index (χ2v) is 5.78. The number of alkyl halides is 3. The molecule has 0 saturated carbocycles. The van der Waals surface area contributed by atoms with E-state index in [2.05, 4.69) is 5.32 Å². The minimum atomic E-state index is -4.13. The second-order valence-electron chi connectivity index (χ2n) is 5.37. The summed E-state index contributed by atoms with van der Waals surface area (Å²) < 4.78 is 49.7. The third-order valence-corrected chi connectivity index (χ3v) is 3.89. The van der Waals surface area contributed by atoms with Crippen molar-refractivity contribution >= 4 is 11.6 Å². The molecule has 1 aliphatic rings. The van der Waals surface area contributed by atoms with Crippen LogP contribution in [0, 0.1) is 11.7 Å². The maximum absolute atomic E-state index is 12.9. The van der Waals surface area contributed by atoms with Gasteiger partial charge >= 0.3 is 6.18 Å². The third-order valence-electron chi connectivity index (χ3n) is 3.54. The van der Waals surface area contributed by atoms with E-state index in [1.165, 1.54) is 17.0 Å². The average Bonchev–Trinajstić information content (AvgIpc) is 2.77. The Morgan fingerprint density at radius 3 is 2.76 bits per heavy atom. The topological polar surface area (TPSA) is 15.3 Å². The Morgan fingerprint density at radius 2 is 2.10 bits per heavy atom. The van der Waals surface area contributed by atoms with Crippen molar-refractivity contribution in [3.63, 3.8) is 0 Å². The first-order valence-electron chi connectivity index (χ1n) is 6.77. The van der Waals surface area contributed by atoms with Crippen LogP contribution in [0.15, 0.2) is 18.2 Å². The summed E-state index contributed by atoms with van der Waals surface area (Å²) in [7, 11) is 0. The fourth-order valence-electron chi connectivity index (χ4n) is 2.55. The van der Waals surface area contributed by atoms with Crippen LogP contribution in [0.25, 0.3) is 0 Å². The smallest absolute Gasteiger partial charge is 0.312 e. The predicted molar refractivity (Wildman–Crippen MR) is 73.7 cm³/mol. The molecule has 1 aromatic rings. The van der Waals surface area contributed by atoms with Gasteiger partial charge in [-0.25, -0.2) is 4.39 Å². The average molecular weight is 325 g/mol. The van der Waals surface area contributed by atoms with Gasteiger partial charge in [0.2, 0.25) is 0 Å². The van der Waals surface area contributed by atoms with E-state index in [0.29, 0.717) is 31.2 Å². The largest absolute Gasteiger partial charge is 0.401 e. The van der Waals surface area contributed by atoms with Crippen molar-refractivity contribution < 1.29 is 17.6 Å². The zero-order chi connectivity index (χ0) is 15.5. The molecule has 7 heteroatoms. The Kier molecular flexibility index (Phi) is 5.46. The van der Waals surface area contributed by atoms with Gasteiger partial charge in [0.15, 0.2) is 0 Å². The Morgan fingerprint density at radius 1 is 1.33 bits per heavy atom. The van der Waals surface area contributed by atoms with Crippen LogP contribution in [0.4, 0.5) is 17.6 Å². The highest BCUT2D eigenvalue weighted by molar-refractivity contribution is 6.31. The zero-order valence-corrected chi connectivity index (χ0v) is 12.1. The predicted octanol–water partition coefficient (Wildman–Crippen LogP) is 3.45. The van der Waals surface area contributed by atoms with E-state index < -0.39 is 12.7 Å². The van der Waals surface area contributed by atoms with Crippen LogP contribution in [-0.2, 0) is 6.54 Å². The van der Waals surface area contributed by atoms with Crippen LogP contribution in [0.5, 0.6) is 0 Å². The lowest BCUT2D eigenvalue weighted by Crippen LogP contribution is -2.33. The number of nitrogens with zero attached hydrogens (tertiary/aromatic N) is 1. The van der Waals surface area contributed by atoms with E-state index in [1.807, 2.05) is 0 Å². The Hall–Kier alpha value is -0.850. The molecule has 1 aromatic carbocycles. The van der Waals surface area contributed by atoms with E-state index in [0.717, 1.165) is 12.0 Å². The molecular weight excluding hydrogens is 308 g/mol. The fraction of sp³-hybridized carbons (Fsp3) is 0.571. The molecule has 0 bridgehead atoms. The molecule has 1 saturated heterocycles. The van der Waals surface area contributed by atoms with Crippen molar-refractivity contribution in [1.29, 1.82) is 0 Å². The number of halogens is 5. The van der Waals surface area contributed by atoms with E-state index in [-0.39, 0.29) is 11.7 Å². The van der Waals surface area contributed by atoms with Crippen LogP contribution in [0.1, 0.15) is 12.0 Å². The molecule has 118 valence electrons. The van der Waals surface area contributed by atoms with Crippen LogP contribution >= 0.6 is 11.6 Å². The summed E-state index contributed by atoms with van der Waals surface area (Å²) in [6.07, 6.45) is -3.38. The lowest BCUT2D eigenvalue weighted by molar-refractivity contribution is -0.143. The molecule has 0 aliphatic carbocycles. The Labute approximate surface area is 126 Å². The zero-order valence-electron chi connectivity index (χ0n) is 11.4. The summed E-state index contributed by atoms with van der Waals surface area (Å²) in [5.41, 5.74) is 0.781. The SMILES string of the molecule is Fc1ccc(CNCC2CCN(CC(F)(F)F)C2)c(Cl)c1. The first-order valence-corrected chi connectivity index (χ1v) is 7.15. The molecule has 2 rings (SSSR count). The lowest BCUT2D eigenvalue weighted by Gasteiger charge is -2.18. The molecule has 21 heavy (non-hydrogen) atoms. The number of benzene rings is 1. The van der Waals surface area contributed by atoms with Crippen LogP contribution in [0.2, 0.25) is 5.02 Å². The fourth-order valence-corrected chi connectivity index (χ4v) is 2.79. The van der Waals surface area contributed by atoms with Crippen molar-refractivity contribution in [2.24, 2.45) is 5.92 Å². The van der Waals surface area contributed by atoms with Gasteiger partial charge in [-0.15, -0.1) is 0 Å². The third kappa shape index (κ3) is 5.45. The highest BCUT2D eigenvalue weighted by atomic mass is 35.5. The molecule has 0 radical (unpaired) electrons. The molecule has 0 aromatic heterocycles. The highest BCUT2D eigenvalue weighted by Crippen LogP contribution is 2.22. The molecule has 1 aliphatic heterocycles. The van der Waals surface area contributed by atoms with Gasteiger partial charge in [-0.3, -0.25) is 4.90 Å². The van der Waals surface area contributed by atoms with Crippen LogP contribution in [-0.4, -0.2) is 37.3 Å². The minimum Gasteiger partial charge on any atom is -0.312 e. The Balaban J connectivity index is 1.72. The van der Waals surface area contributed by atoms with Gasteiger partial charge in [0.05, 0.1) is 6.54 Å². The monoisotopic (exact) mass is 324 g/mol. The standard InChI is InChI=1S/C14H17ClF4N2/c15-13-5-12(16)2-1-11(13)7-20-6-10-3-4-21(8-10)9-14(17,18)19/h1-2,5,10,20H,3-4,6-9H2. The molecular formula is C14H17ClF4N2. The Bertz CT molecular complexity index is 479. The summed E-state index contributed by atoms with van der Waals surface area (Å²) >= 11 is 5.91. The van der Waals surface area contributed by atoms with Gasteiger partial charge in [-0.2, -0.15) is 13.2 Å². The van der Waals surface area contributed by atoms with Crippen molar-refractivity contribution in [2.45, 2.75) is 19.1 Å². The summed E-state index contributed by atoms with van der Waals surface area (Å²) in [4.78, 5) is 1.43. The van der Waals surface area contributed by atoms with Gasteiger partial charge in [0.25, 0.3) is 0 Å². The van der Waals surface area contributed by atoms with E-state index in [1.54, 1.807) is 6.07 Å². The van der Waals surface area contributed by atoms with Crippen molar-refractivity contribution in [3.8, 4) is 0 Å². The molecule has 2 nitrogen and oxygen atoms in total. The van der Waals surface area contributed by atoms with Gasteiger partial charge in [-0.1, -0.05) is 17.7 Å². The molecule has 1 fully saturated rings. The molecule has 1 heterocycles. The van der Waals surface area contributed by atoms with E-state index in [4.69, 9.17) is 11.6 Å². The van der Waals surface area contributed by atoms with Gasteiger partial charge in [0, 0.05) is 18.1 Å². The summed E-state index contributed by atoms with van der Waals surface area (Å²) in [5.74, 6) is -0.186.